The van der Waals surface area contributed by atoms with Crippen molar-refractivity contribution in [2.24, 2.45) is 0 Å². The van der Waals surface area contributed by atoms with E-state index in [1.54, 1.807) is 19.6 Å². The van der Waals surface area contributed by atoms with Gasteiger partial charge in [0.25, 0.3) is 0 Å². The van der Waals surface area contributed by atoms with Crippen molar-refractivity contribution in [3.05, 3.63) is 47.5 Å². The minimum absolute atomic E-state index is 0.697. The molecule has 0 bridgehead atoms. The van der Waals surface area contributed by atoms with Gasteiger partial charge in [-0.05, 0) is 25.5 Å². The summed E-state index contributed by atoms with van der Waals surface area (Å²) >= 11 is 0. The number of aliphatic hydroxyl groups is 1. The van der Waals surface area contributed by atoms with E-state index in [4.69, 9.17) is 4.74 Å². The fraction of sp³-hybridized carbons (Fsp3) is 0.400. The Morgan fingerprint density at radius 1 is 1.42 bits per heavy atom. The highest BCUT2D eigenvalue weighted by molar-refractivity contribution is 5.41. The lowest BCUT2D eigenvalue weighted by molar-refractivity contribution is 0.204. The van der Waals surface area contributed by atoms with Crippen molar-refractivity contribution in [3.8, 4) is 5.75 Å². The minimum atomic E-state index is -0.719. The molecule has 4 nitrogen and oxygen atoms in total. The molecule has 2 rings (SSSR count). The van der Waals surface area contributed by atoms with Crippen LogP contribution in [-0.4, -0.2) is 21.8 Å². The number of imidazole rings is 1. The highest BCUT2D eigenvalue weighted by atomic mass is 16.5. The maximum atomic E-state index is 10.6. The third kappa shape index (κ3) is 2.79. The second-order valence-corrected chi connectivity index (χ2v) is 4.66. The van der Waals surface area contributed by atoms with Gasteiger partial charge in [0.1, 0.15) is 11.9 Å². The number of hydrogen-bond donors (Lipinski definition) is 1. The lowest BCUT2D eigenvalue weighted by Crippen LogP contribution is -2.09. The molecule has 19 heavy (non-hydrogen) atoms. The summed E-state index contributed by atoms with van der Waals surface area (Å²) in [5.41, 5.74) is 2.67. The second kappa shape index (κ2) is 5.89. The number of hydrogen-bond acceptors (Lipinski definition) is 3. The van der Waals surface area contributed by atoms with Crippen LogP contribution in [0.5, 0.6) is 5.75 Å². The summed E-state index contributed by atoms with van der Waals surface area (Å²) < 4.78 is 7.31. The first-order valence-corrected chi connectivity index (χ1v) is 6.50. The Balaban J connectivity index is 2.40. The maximum Gasteiger partial charge on any atom is 0.125 e. The largest absolute Gasteiger partial charge is 0.496 e. The number of rotatable bonds is 5. The zero-order chi connectivity index (χ0) is 13.8. The monoisotopic (exact) mass is 260 g/mol. The average Bonchev–Trinajstić information content (AvgIpc) is 2.86. The van der Waals surface area contributed by atoms with Gasteiger partial charge in [-0.1, -0.05) is 18.6 Å². The molecule has 0 radical (unpaired) electrons. The number of aryl methyl sites for hydroxylation is 2. The van der Waals surface area contributed by atoms with E-state index in [0.29, 0.717) is 5.75 Å². The van der Waals surface area contributed by atoms with Crippen LogP contribution in [-0.2, 0) is 6.54 Å². The predicted molar refractivity (Wildman–Crippen MR) is 74.3 cm³/mol. The van der Waals surface area contributed by atoms with E-state index in [9.17, 15) is 5.11 Å². The Labute approximate surface area is 113 Å². The van der Waals surface area contributed by atoms with Crippen LogP contribution in [0.3, 0.4) is 0 Å². The number of aliphatic hydroxyl groups excluding tert-OH is 1. The number of methoxy groups -OCH3 is 1. The molecule has 1 aromatic carbocycles. The molecule has 1 N–H and O–H groups in total. The molecule has 0 saturated heterocycles. The fourth-order valence-electron chi connectivity index (χ4n) is 2.21. The molecule has 1 heterocycles. The third-order valence-corrected chi connectivity index (χ3v) is 3.17. The first-order chi connectivity index (χ1) is 9.17. The van der Waals surface area contributed by atoms with Gasteiger partial charge in [0.2, 0.25) is 0 Å². The van der Waals surface area contributed by atoms with Crippen LogP contribution in [0.1, 0.15) is 36.3 Å². The lowest BCUT2D eigenvalue weighted by atomic mass is 10.0. The van der Waals surface area contributed by atoms with Crippen LogP contribution >= 0.6 is 0 Å². The smallest absolute Gasteiger partial charge is 0.125 e. The second-order valence-electron chi connectivity index (χ2n) is 4.66. The molecular weight excluding hydrogens is 240 g/mol. The van der Waals surface area contributed by atoms with E-state index in [1.165, 1.54) is 0 Å². The molecule has 0 aliphatic rings. The molecule has 102 valence electrons. The van der Waals surface area contributed by atoms with Crippen LogP contribution in [0.15, 0.2) is 30.7 Å². The van der Waals surface area contributed by atoms with Crippen molar-refractivity contribution in [1.82, 2.24) is 9.55 Å². The molecule has 0 aliphatic carbocycles. The van der Waals surface area contributed by atoms with Crippen LogP contribution in [0.25, 0.3) is 0 Å². The van der Waals surface area contributed by atoms with Gasteiger partial charge in [-0.25, -0.2) is 4.98 Å². The first kappa shape index (κ1) is 13.6. The standard InChI is InChI=1S/C15H20N2O2/c1-4-7-17-10-16-9-13(17)15(18)12-8-11(2)5-6-14(12)19-3/h5-6,8-10,15,18H,4,7H2,1-3H3. The summed E-state index contributed by atoms with van der Waals surface area (Å²) in [7, 11) is 1.62. The Morgan fingerprint density at radius 3 is 2.89 bits per heavy atom. The van der Waals surface area contributed by atoms with E-state index in [1.807, 2.05) is 29.7 Å². The minimum Gasteiger partial charge on any atom is -0.496 e. The number of aromatic nitrogens is 2. The first-order valence-electron chi connectivity index (χ1n) is 6.50. The molecule has 2 aromatic rings. The number of benzene rings is 1. The number of ether oxygens (including phenoxy) is 1. The molecule has 0 aliphatic heterocycles. The van der Waals surface area contributed by atoms with Crippen LogP contribution in [0.2, 0.25) is 0 Å². The van der Waals surface area contributed by atoms with Crippen molar-refractivity contribution in [2.45, 2.75) is 32.9 Å². The number of nitrogens with zero attached hydrogens (tertiary/aromatic N) is 2. The van der Waals surface area contributed by atoms with Gasteiger partial charge < -0.3 is 14.4 Å². The zero-order valence-corrected chi connectivity index (χ0v) is 11.6. The highest BCUT2D eigenvalue weighted by Crippen LogP contribution is 2.30. The molecular formula is C15H20N2O2. The van der Waals surface area contributed by atoms with Crippen LogP contribution in [0.4, 0.5) is 0 Å². The summed E-state index contributed by atoms with van der Waals surface area (Å²) in [6.45, 7) is 4.95. The van der Waals surface area contributed by atoms with Gasteiger partial charge in [0.05, 0.1) is 25.3 Å². The van der Waals surface area contributed by atoms with Crippen molar-refractivity contribution in [3.63, 3.8) is 0 Å². The molecule has 0 saturated carbocycles. The summed E-state index contributed by atoms with van der Waals surface area (Å²) in [5, 5.41) is 10.6. The zero-order valence-electron chi connectivity index (χ0n) is 11.6. The third-order valence-electron chi connectivity index (χ3n) is 3.17. The normalized spacial score (nSPS) is 12.4. The summed E-state index contributed by atoms with van der Waals surface area (Å²) in [6.07, 6.45) is 3.75. The van der Waals surface area contributed by atoms with Crippen molar-refractivity contribution in [2.75, 3.05) is 7.11 Å². The van der Waals surface area contributed by atoms with Crippen LogP contribution < -0.4 is 4.74 Å². The predicted octanol–water partition coefficient (Wildman–Crippen LogP) is 2.69. The SMILES string of the molecule is CCCn1cncc1C(O)c1cc(C)ccc1OC. The molecule has 0 spiro atoms. The molecule has 1 atom stereocenters. The van der Waals surface area contributed by atoms with Crippen molar-refractivity contribution in [1.29, 1.82) is 0 Å². The van der Waals surface area contributed by atoms with E-state index in [-0.39, 0.29) is 0 Å². The van der Waals surface area contributed by atoms with Crippen LogP contribution in [0, 0.1) is 6.92 Å². The molecule has 4 heteroatoms. The molecule has 1 aromatic heterocycles. The van der Waals surface area contributed by atoms with Gasteiger partial charge in [0, 0.05) is 12.1 Å². The van der Waals surface area contributed by atoms with Gasteiger partial charge in [-0.15, -0.1) is 0 Å². The Hall–Kier alpha value is -1.81. The lowest BCUT2D eigenvalue weighted by Gasteiger charge is -2.17. The average molecular weight is 260 g/mol. The Kier molecular flexibility index (Phi) is 4.22. The fourth-order valence-corrected chi connectivity index (χ4v) is 2.21. The highest BCUT2D eigenvalue weighted by Gasteiger charge is 2.19. The van der Waals surface area contributed by atoms with Crippen molar-refractivity contribution < 1.29 is 9.84 Å². The topological polar surface area (TPSA) is 47.3 Å². The van der Waals surface area contributed by atoms with Gasteiger partial charge in [-0.2, -0.15) is 0 Å². The van der Waals surface area contributed by atoms with Crippen molar-refractivity contribution >= 4 is 0 Å². The quantitative estimate of drug-likeness (QED) is 0.899. The van der Waals surface area contributed by atoms with E-state index in [0.717, 1.165) is 29.8 Å². The van der Waals surface area contributed by atoms with Gasteiger partial charge in [0.15, 0.2) is 0 Å². The molecule has 0 amide bonds. The van der Waals surface area contributed by atoms with E-state index >= 15 is 0 Å². The van der Waals surface area contributed by atoms with Gasteiger partial charge in [-0.3, -0.25) is 0 Å². The summed E-state index contributed by atoms with van der Waals surface area (Å²) in [6, 6.07) is 5.81. The molecule has 1 unspecified atom stereocenters. The maximum absolute atomic E-state index is 10.6. The molecule has 0 fully saturated rings. The summed E-state index contributed by atoms with van der Waals surface area (Å²) in [4.78, 5) is 4.13. The van der Waals surface area contributed by atoms with Gasteiger partial charge >= 0.3 is 0 Å². The summed E-state index contributed by atoms with van der Waals surface area (Å²) in [5.74, 6) is 0.697. The van der Waals surface area contributed by atoms with E-state index in [2.05, 4.69) is 11.9 Å². The Bertz CT molecular complexity index is 549. The van der Waals surface area contributed by atoms with E-state index < -0.39 is 6.10 Å². The Morgan fingerprint density at radius 2 is 2.21 bits per heavy atom.